The second-order valence-electron chi connectivity index (χ2n) is 4.53. The fourth-order valence-electron chi connectivity index (χ4n) is 1.64. The number of rotatable bonds is 6. The zero-order chi connectivity index (χ0) is 15.3. The van der Waals surface area contributed by atoms with Crippen molar-refractivity contribution in [3.63, 3.8) is 0 Å². The van der Waals surface area contributed by atoms with E-state index in [1.54, 1.807) is 5.38 Å². The number of benzene rings is 1. The van der Waals surface area contributed by atoms with Crippen LogP contribution < -0.4 is 11.1 Å². The molecule has 4 nitrogen and oxygen atoms in total. The minimum atomic E-state index is -3.10. The maximum atomic E-state index is 13.0. The first-order valence-corrected chi connectivity index (χ1v) is 7.22. The van der Waals surface area contributed by atoms with Crippen LogP contribution in [0.5, 0.6) is 0 Å². The number of carbonyl (C=O) groups excluding carboxylic acids is 1. The Morgan fingerprint density at radius 3 is 2.71 bits per heavy atom. The van der Waals surface area contributed by atoms with E-state index in [9.17, 15) is 13.6 Å². The molecule has 7 heteroatoms. The number of hydrogen-bond donors (Lipinski definition) is 2. The third-order valence-corrected chi connectivity index (χ3v) is 3.64. The first-order chi connectivity index (χ1) is 10.00. The zero-order valence-electron chi connectivity index (χ0n) is 11.2. The van der Waals surface area contributed by atoms with Gasteiger partial charge in [0.15, 0.2) is 0 Å². The molecular formula is C14H15F2N3OS. The Morgan fingerprint density at radius 2 is 2.05 bits per heavy atom. The van der Waals surface area contributed by atoms with Gasteiger partial charge in [0.05, 0.1) is 18.1 Å². The fourth-order valence-corrected chi connectivity index (χ4v) is 2.45. The van der Waals surface area contributed by atoms with Gasteiger partial charge in [-0.05, 0) is 5.56 Å². The van der Waals surface area contributed by atoms with E-state index in [4.69, 9.17) is 5.73 Å². The fraction of sp³-hybridized carbons (Fsp3) is 0.286. The van der Waals surface area contributed by atoms with Gasteiger partial charge in [-0.3, -0.25) is 4.79 Å². The number of carbonyl (C=O) groups is 1. The molecule has 3 N–H and O–H groups in total. The number of amides is 1. The summed E-state index contributed by atoms with van der Waals surface area (Å²) in [7, 11) is 0. The van der Waals surface area contributed by atoms with Crippen LogP contribution in [0.2, 0.25) is 0 Å². The summed E-state index contributed by atoms with van der Waals surface area (Å²) in [6.45, 7) is -1.59. The van der Waals surface area contributed by atoms with E-state index < -0.39 is 24.9 Å². The molecule has 1 amide bonds. The van der Waals surface area contributed by atoms with E-state index in [0.29, 0.717) is 6.42 Å². The van der Waals surface area contributed by atoms with Crippen LogP contribution in [0.1, 0.15) is 21.1 Å². The van der Waals surface area contributed by atoms with Gasteiger partial charge in [-0.25, -0.2) is 13.8 Å². The molecule has 0 saturated heterocycles. The molecule has 2 aromatic rings. The standard InChI is InChI=1S/C14H15F2N3OS/c15-14(16,8-17)9-18-13(20)11-7-21-12(19-11)6-10-4-2-1-3-5-10/h1-5,7H,6,8-9,17H2,(H,18,20). The van der Waals surface area contributed by atoms with Crippen LogP contribution in [0.4, 0.5) is 8.78 Å². The van der Waals surface area contributed by atoms with Crippen LogP contribution in [0.25, 0.3) is 0 Å². The average molecular weight is 311 g/mol. The van der Waals surface area contributed by atoms with Gasteiger partial charge in [0.1, 0.15) is 5.69 Å². The Bertz CT molecular complexity index is 601. The van der Waals surface area contributed by atoms with Gasteiger partial charge in [-0.1, -0.05) is 30.3 Å². The summed E-state index contributed by atoms with van der Waals surface area (Å²) in [5.41, 5.74) is 6.14. The molecule has 0 bridgehead atoms. The van der Waals surface area contributed by atoms with E-state index in [1.165, 1.54) is 11.3 Å². The van der Waals surface area contributed by atoms with E-state index in [-0.39, 0.29) is 5.69 Å². The predicted molar refractivity (Wildman–Crippen MR) is 77.7 cm³/mol. The number of nitrogens with two attached hydrogens (primary N) is 1. The van der Waals surface area contributed by atoms with Gasteiger partial charge < -0.3 is 11.1 Å². The van der Waals surface area contributed by atoms with Gasteiger partial charge >= 0.3 is 0 Å². The summed E-state index contributed by atoms with van der Waals surface area (Å²) in [6.07, 6.45) is 0.609. The molecule has 0 unspecified atom stereocenters. The molecule has 1 aromatic carbocycles. The molecule has 2 rings (SSSR count). The highest BCUT2D eigenvalue weighted by molar-refractivity contribution is 7.09. The van der Waals surface area contributed by atoms with Gasteiger partial charge in [0.2, 0.25) is 0 Å². The Labute approximate surface area is 125 Å². The molecule has 1 aromatic heterocycles. The first kappa shape index (κ1) is 15.5. The second kappa shape index (κ2) is 6.73. The van der Waals surface area contributed by atoms with Crippen molar-refractivity contribution >= 4 is 17.2 Å². The molecule has 0 radical (unpaired) electrons. The summed E-state index contributed by atoms with van der Waals surface area (Å²) in [4.78, 5) is 15.9. The van der Waals surface area contributed by atoms with Crippen molar-refractivity contribution in [1.82, 2.24) is 10.3 Å². The lowest BCUT2D eigenvalue weighted by Crippen LogP contribution is -2.41. The molecule has 0 fully saturated rings. The van der Waals surface area contributed by atoms with Crippen LogP contribution in [0.3, 0.4) is 0 Å². The third-order valence-electron chi connectivity index (χ3n) is 2.79. The molecule has 0 aliphatic carbocycles. The number of halogens is 2. The molecule has 0 spiro atoms. The SMILES string of the molecule is NCC(F)(F)CNC(=O)c1csc(Cc2ccccc2)n1. The average Bonchev–Trinajstić information content (AvgIpc) is 2.94. The lowest BCUT2D eigenvalue weighted by atomic mass is 10.2. The van der Waals surface area contributed by atoms with Gasteiger partial charge in [0, 0.05) is 11.8 Å². The lowest BCUT2D eigenvalue weighted by Gasteiger charge is -2.13. The van der Waals surface area contributed by atoms with Crippen molar-refractivity contribution in [1.29, 1.82) is 0 Å². The molecule has 112 valence electrons. The molecule has 0 aliphatic rings. The van der Waals surface area contributed by atoms with E-state index >= 15 is 0 Å². The topological polar surface area (TPSA) is 68.0 Å². The quantitative estimate of drug-likeness (QED) is 0.858. The Balaban J connectivity index is 1.95. The number of nitrogens with one attached hydrogen (secondary N) is 1. The Hall–Kier alpha value is -1.86. The van der Waals surface area contributed by atoms with Crippen molar-refractivity contribution in [2.75, 3.05) is 13.1 Å². The zero-order valence-corrected chi connectivity index (χ0v) is 12.0. The molecule has 0 atom stereocenters. The van der Waals surface area contributed by atoms with Crippen molar-refractivity contribution in [2.24, 2.45) is 5.73 Å². The van der Waals surface area contributed by atoms with Crippen LogP contribution in [-0.2, 0) is 6.42 Å². The Morgan fingerprint density at radius 1 is 1.33 bits per heavy atom. The lowest BCUT2D eigenvalue weighted by molar-refractivity contribution is 0.0118. The molecule has 1 heterocycles. The summed E-state index contributed by atoms with van der Waals surface area (Å²) < 4.78 is 25.9. The highest BCUT2D eigenvalue weighted by atomic mass is 32.1. The maximum absolute atomic E-state index is 13.0. The van der Waals surface area contributed by atoms with Crippen LogP contribution >= 0.6 is 11.3 Å². The van der Waals surface area contributed by atoms with Crippen LogP contribution in [-0.4, -0.2) is 29.9 Å². The monoisotopic (exact) mass is 311 g/mol. The largest absolute Gasteiger partial charge is 0.345 e. The first-order valence-electron chi connectivity index (χ1n) is 6.34. The van der Waals surface area contributed by atoms with Crippen LogP contribution in [0, 0.1) is 0 Å². The second-order valence-corrected chi connectivity index (χ2v) is 5.47. The molecular weight excluding hydrogens is 296 g/mol. The predicted octanol–water partition coefficient (Wildman–Crippen LogP) is 2.06. The minimum Gasteiger partial charge on any atom is -0.345 e. The molecule has 0 aliphatic heterocycles. The minimum absolute atomic E-state index is 0.152. The number of thiazole rings is 1. The highest BCUT2D eigenvalue weighted by Gasteiger charge is 2.27. The smallest absolute Gasteiger partial charge is 0.277 e. The Kier molecular flexibility index (Phi) is 4.98. The number of hydrogen-bond acceptors (Lipinski definition) is 4. The highest BCUT2D eigenvalue weighted by Crippen LogP contribution is 2.15. The van der Waals surface area contributed by atoms with Gasteiger partial charge in [0.25, 0.3) is 11.8 Å². The van der Waals surface area contributed by atoms with E-state index in [2.05, 4.69) is 10.3 Å². The van der Waals surface area contributed by atoms with E-state index in [1.807, 2.05) is 30.3 Å². The van der Waals surface area contributed by atoms with Gasteiger partial charge in [-0.2, -0.15) is 0 Å². The van der Waals surface area contributed by atoms with Crippen molar-refractivity contribution in [3.8, 4) is 0 Å². The number of alkyl halides is 2. The normalized spacial score (nSPS) is 11.4. The number of aromatic nitrogens is 1. The summed E-state index contributed by atoms with van der Waals surface area (Å²) in [5, 5.41) is 4.47. The summed E-state index contributed by atoms with van der Waals surface area (Å²) in [6, 6.07) is 9.69. The van der Waals surface area contributed by atoms with Crippen molar-refractivity contribution in [2.45, 2.75) is 12.3 Å². The molecule has 0 saturated carbocycles. The van der Waals surface area contributed by atoms with E-state index in [0.717, 1.165) is 10.6 Å². The summed E-state index contributed by atoms with van der Waals surface area (Å²) >= 11 is 1.33. The summed E-state index contributed by atoms with van der Waals surface area (Å²) in [5.74, 6) is -3.71. The third kappa shape index (κ3) is 4.57. The maximum Gasteiger partial charge on any atom is 0.277 e. The van der Waals surface area contributed by atoms with Crippen molar-refractivity contribution in [3.05, 3.63) is 52.0 Å². The molecule has 21 heavy (non-hydrogen) atoms. The number of nitrogens with zero attached hydrogens (tertiary/aromatic N) is 1. The van der Waals surface area contributed by atoms with Crippen molar-refractivity contribution < 1.29 is 13.6 Å². The van der Waals surface area contributed by atoms with Crippen LogP contribution in [0.15, 0.2) is 35.7 Å². The van der Waals surface area contributed by atoms with Gasteiger partial charge in [-0.15, -0.1) is 11.3 Å².